The van der Waals surface area contributed by atoms with Gasteiger partial charge in [-0.25, -0.2) is 8.78 Å². The number of Topliss-reactive ketones (excluding diaryl/α,β-unsaturated/α-hetero) is 1. The molecule has 0 aliphatic rings. The van der Waals surface area contributed by atoms with Crippen LogP contribution in [0.1, 0.15) is 36.4 Å². The SMILES string of the molecule is CC[C@@H](C(=O)NC(CC(=O)O)C(=O)COc1c(F)c(F)cc(F)c1F)n1cccc(NC(=O)c2ccco2)c1=O. The van der Waals surface area contributed by atoms with Gasteiger partial charge in [-0.15, -0.1) is 0 Å². The van der Waals surface area contributed by atoms with Crippen molar-refractivity contribution >= 4 is 29.3 Å². The van der Waals surface area contributed by atoms with Gasteiger partial charge in [-0.3, -0.25) is 24.0 Å². The molecule has 11 nitrogen and oxygen atoms in total. The number of carboxylic acids is 1. The third-order valence-corrected chi connectivity index (χ3v) is 5.51. The second-order valence-electron chi connectivity index (χ2n) is 8.20. The molecule has 2 amide bonds. The zero-order valence-corrected chi connectivity index (χ0v) is 20.6. The summed E-state index contributed by atoms with van der Waals surface area (Å²) in [5.74, 6) is -13.6. The molecule has 0 saturated heterocycles. The molecule has 3 N–H and O–H groups in total. The van der Waals surface area contributed by atoms with E-state index in [1.807, 2.05) is 0 Å². The Labute approximate surface area is 222 Å². The number of benzene rings is 1. The van der Waals surface area contributed by atoms with Crippen molar-refractivity contribution in [2.75, 3.05) is 11.9 Å². The third kappa shape index (κ3) is 6.73. The van der Waals surface area contributed by atoms with E-state index < -0.39 is 83.3 Å². The first-order chi connectivity index (χ1) is 18.9. The minimum Gasteiger partial charge on any atom is -0.481 e. The van der Waals surface area contributed by atoms with Crippen LogP contribution in [0.4, 0.5) is 23.2 Å². The molecule has 0 aliphatic carbocycles. The van der Waals surface area contributed by atoms with Crippen molar-refractivity contribution in [2.24, 2.45) is 0 Å². The molecule has 0 bridgehead atoms. The van der Waals surface area contributed by atoms with Crippen LogP contribution in [-0.4, -0.2) is 45.9 Å². The summed E-state index contributed by atoms with van der Waals surface area (Å²) in [6.07, 6.45) is 1.44. The highest BCUT2D eigenvalue weighted by Gasteiger charge is 2.30. The Morgan fingerprint density at radius 1 is 1.07 bits per heavy atom. The van der Waals surface area contributed by atoms with Crippen LogP contribution < -0.4 is 20.9 Å². The van der Waals surface area contributed by atoms with Crippen LogP contribution in [0, 0.1) is 23.3 Å². The molecule has 0 spiro atoms. The molecule has 15 heteroatoms. The van der Waals surface area contributed by atoms with Gasteiger partial charge in [0, 0.05) is 12.3 Å². The van der Waals surface area contributed by atoms with Crippen LogP contribution in [0.5, 0.6) is 5.75 Å². The first-order valence-corrected chi connectivity index (χ1v) is 11.5. The second kappa shape index (κ2) is 12.7. The van der Waals surface area contributed by atoms with E-state index in [1.165, 1.54) is 43.6 Å². The minimum atomic E-state index is -1.92. The molecule has 0 aliphatic heterocycles. The van der Waals surface area contributed by atoms with E-state index in [4.69, 9.17) is 4.42 Å². The number of carbonyl (C=O) groups is 4. The number of nitrogens with one attached hydrogen (secondary N) is 2. The van der Waals surface area contributed by atoms with Crippen molar-refractivity contribution < 1.29 is 51.0 Å². The number of nitrogens with zero attached hydrogens (tertiary/aromatic N) is 1. The van der Waals surface area contributed by atoms with Gasteiger partial charge in [-0.05, 0) is 30.7 Å². The lowest BCUT2D eigenvalue weighted by molar-refractivity contribution is -0.140. The van der Waals surface area contributed by atoms with Gasteiger partial charge >= 0.3 is 5.97 Å². The summed E-state index contributed by atoms with van der Waals surface area (Å²) in [4.78, 5) is 62.2. The van der Waals surface area contributed by atoms with E-state index in [0.29, 0.717) is 0 Å². The van der Waals surface area contributed by atoms with Crippen molar-refractivity contribution in [2.45, 2.75) is 31.8 Å². The van der Waals surface area contributed by atoms with Gasteiger partial charge in [0.2, 0.25) is 17.5 Å². The highest BCUT2D eigenvalue weighted by Crippen LogP contribution is 2.26. The Kier molecular flexibility index (Phi) is 9.42. The van der Waals surface area contributed by atoms with E-state index >= 15 is 0 Å². The molecule has 0 radical (unpaired) electrons. The normalized spacial score (nSPS) is 12.3. The van der Waals surface area contributed by atoms with Gasteiger partial charge in [-0.2, -0.15) is 8.78 Å². The lowest BCUT2D eigenvalue weighted by Gasteiger charge is -2.22. The summed E-state index contributed by atoms with van der Waals surface area (Å²) in [5.41, 5.74) is -1.03. The van der Waals surface area contributed by atoms with Crippen LogP contribution in [0.3, 0.4) is 0 Å². The van der Waals surface area contributed by atoms with Crippen LogP contribution in [0.15, 0.2) is 52.0 Å². The summed E-state index contributed by atoms with van der Waals surface area (Å²) in [5, 5.41) is 13.7. The van der Waals surface area contributed by atoms with E-state index in [9.17, 15) is 46.6 Å². The summed E-state index contributed by atoms with van der Waals surface area (Å²) in [7, 11) is 0. The predicted octanol–water partition coefficient (Wildman–Crippen LogP) is 2.81. The van der Waals surface area contributed by atoms with Gasteiger partial charge in [-0.1, -0.05) is 6.92 Å². The van der Waals surface area contributed by atoms with Crippen molar-refractivity contribution in [1.82, 2.24) is 9.88 Å². The lowest BCUT2D eigenvalue weighted by Crippen LogP contribution is -2.48. The number of ether oxygens (including phenoxy) is 1. The number of aromatic nitrogens is 1. The summed E-state index contributed by atoms with van der Waals surface area (Å²) < 4.78 is 65.0. The van der Waals surface area contributed by atoms with Gasteiger partial charge in [0.05, 0.1) is 12.7 Å². The Morgan fingerprint density at radius 2 is 1.75 bits per heavy atom. The van der Waals surface area contributed by atoms with Crippen LogP contribution in [-0.2, 0) is 14.4 Å². The number of pyridine rings is 1. The smallest absolute Gasteiger partial charge is 0.305 e. The van der Waals surface area contributed by atoms with E-state index in [1.54, 1.807) is 0 Å². The van der Waals surface area contributed by atoms with Gasteiger partial charge in [0.15, 0.2) is 28.9 Å². The molecule has 1 aromatic carbocycles. The Bertz CT molecular complexity index is 1460. The number of hydrogen-bond donors (Lipinski definition) is 3. The highest BCUT2D eigenvalue weighted by molar-refractivity contribution is 6.02. The number of amides is 2. The molecule has 3 rings (SSSR count). The van der Waals surface area contributed by atoms with E-state index in [2.05, 4.69) is 15.4 Å². The number of carbonyl (C=O) groups excluding carboxylic acids is 3. The molecule has 2 heterocycles. The number of carboxylic acid groups (broad SMARTS) is 1. The van der Waals surface area contributed by atoms with Crippen LogP contribution >= 0.6 is 0 Å². The Hall–Kier alpha value is -4.95. The largest absolute Gasteiger partial charge is 0.481 e. The maximum absolute atomic E-state index is 13.8. The van der Waals surface area contributed by atoms with Gasteiger partial charge in [0.25, 0.3) is 11.5 Å². The fourth-order valence-electron chi connectivity index (χ4n) is 3.56. The third-order valence-electron chi connectivity index (χ3n) is 5.51. The lowest BCUT2D eigenvalue weighted by atomic mass is 10.1. The molecule has 1 unspecified atom stereocenters. The molecule has 2 aromatic heterocycles. The van der Waals surface area contributed by atoms with Crippen molar-refractivity contribution in [3.05, 3.63) is 82.2 Å². The molecule has 40 heavy (non-hydrogen) atoms. The molecule has 0 saturated carbocycles. The number of halogens is 4. The zero-order chi connectivity index (χ0) is 29.6. The minimum absolute atomic E-state index is 0.0369. The standard InChI is InChI=1S/C25H21F4N3O8/c1-2-16(32-7-3-5-14(25(32)38)30-24(37)18-6-4-8-39-18)23(36)31-15(10-19(34)35)17(33)11-40-22-20(28)12(26)9-13(27)21(22)29/h3-9,15-16H,2,10-11H2,1H3,(H,30,37)(H,31,36)(H,34,35)/t15?,16-/m0/s1. The summed E-state index contributed by atoms with van der Waals surface area (Å²) in [6.45, 7) is 0.242. The summed E-state index contributed by atoms with van der Waals surface area (Å²) >= 11 is 0. The van der Waals surface area contributed by atoms with Crippen LogP contribution in [0.25, 0.3) is 0 Å². The van der Waals surface area contributed by atoms with Crippen LogP contribution in [0.2, 0.25) is 0 Å². The second-order valence-corrected chi connectivity index (χ2v) is 8.20. The Balaban J connectivity index is 1.79. The monoisotopic (exact) mass is 567 g/mol. The first-order valence-electron chi connectivity index (χ1n) is 11.5. The maximum Gasteiger partial charge on any atom is 0.305 e. The molecule has 3 aromatic rings. The zero-order valence-electron chi connectivity index (χ0n) is 20.6. The molecule has 2 atom stereocenters. The maximum atomic E-state index is 13.8. The van der Waals surface area contributed by atoms with Crippen molar-refractivity contribution in [1.29, 1.82) is 0 Å². The number of hydrogen-bond acceptors (Lipinski definition) is 7. The number of rotatable bonds is 12. The molecular weight excluding hydrogens is 546 g/mol. The highest BCUT2D eigenvalue weighted by atomic mass is 19.2. The molecule has 212 valence electrons. The predicted molar refractivity (Wildman–Crippen MR) is 128 cm³/mol. The van der Waals surface area contributed by atoms with Crippen molar-refractivity contribution in [3.8, 4) is 5.75 Å². The fourth-order valence-corrected chi connectivity index (χ4v) is 3.56. The van der Waals surface area contributed by atoms with E-state index in [0.717, 1.165) is 4.57 Å². The quantitative estimate of drug-likeness (QED) is 0.223. The van der Waals surface area contributed by atoms with Gasteiger partial charge in [0.1, 0.15) is 24.4 Å². The fraction of sp³-hybridized carbons (Fsp3) is 0.240. The number of ketones is 1. The number of anilines is 1. The summed E-state index contributed by atoms with van der Waals surface area (Å²) in [6, 6.07) is 2.24. The number of aliphatic carboxylic acids is 1. The first kappa shape index (κ1) is 29.6. The topological polar surface area (TPSA) is 157 Å². The van der Waals surface area contributed by atoms with Crippen molar-refractivity contribution in [3.63, 3.8) is 0 Å². The average molecular weight is 567 g/mol. The average Bonchev–Trinajstić information content (AvgIpc) is 3.44. The van der Waals surface area contributed by atoms with Gasteiger partial charge < -0.3 is 29.5 Å². The Morgan fingerprint density at radius 3 is 2.33 bits per heavy atom. The van der Waals surface area contributed by atoms with E-state index in [-0.39, 0.29) is 23.9 Å². The molecular formula is C25H21F4N3O8. The molecule has 0 fully saturated rings. The number of furan rings is 1.